The number of carbonyl (C=O) groups is 1. The van der Waals surface area contributed by atoms with E-state index < -0.39 is 0 Å². The van der Waals surface area contributed by atoms with Gasteiger partial charge in [0.05, 0.1) is 17.6 Å². The van der Waals surface area contributed by atoms with E-state index in [2.05, 4.69) is 49.6 Å². The number of amides is 1. The van der Waals surface area contributed by atoms with Crippen molar-refractivity contribution in [3.8, 4) is 5.75 Å². The Hall–Kier alpha value is -3.60. The minimum absolute atomic E-state index is 0.0466. The third-order valence-electron chi connectivity index (χ3n) is 6.61. The number of carbonyl (C=O) groups excluding carboxylic acids is 1. The van der Waals surface area contributed by atoms with Gasteiger partial charge >= 0.3 is 0 Å². The molecule has 0 radical (unpaired) electrons. The summed E-state index contributed by atoms with van der Waals surface area (Å²) in [6.45, 7) is 8.33. The first-order valence-electron chi connectivity index (χ1n) is 12.0. The number of fused-ring (bicyclic) bond motifs is 1. The summed E-state index contributed by atoms with van der Waals surface area (Å²) >= 11 is 0. The molecule has 1 aliphatic rings. The number of aryl methyl sites for hydroxylation is 1. The summed E-state index contributed by atoms with van der Waals surface area (Å²) in [4.78, 5) is 19.7. The Morgan fingerprint density at radius 2 is 1.79 bits per heavy atom. The van der Waals surface area contributed by atoms with E-state index in [1.165, 1.54) is 11.1 Å². The maximum absolute atomic E-state index is 12.9. The van der Waals surface area contributed by atoms with Gasteiger partial charge in [0.25, 0.3) is 0 Å². The van der Waals surface area contributed by atoms with E-state index in [0.29, 0.717) is 32.0 Å². The highest BCUT2D eigenvalue weighted by Crippen LogP contribution is 2.33. The van der Waals surface area contributed by atoms with E-state index in [4.69, 9.17) is 9.72 Å². The predicted molar refractivity (Wildman–Crippen MR) is 137 cm³/mol. The lowest BCUT2D eigenvalue weighted by Gasteiger charge is -2.18. The zero-order chi connectivity index (χ0) is 23.7. The van der Waals surface area contributed by atoms with Crippen molar-refractivity contribution in [1.82, 2.24) is 9.55 Å². The van der Waals surface area contributed by atoms with Gasteiger partial charge in [-0.05, 0) is 54.3 Å². The van der Waals surface area contributed by atoms with Crippen molar-refractivity contribution in [1.29, 1.82) is 0 Å². The Bertz CT molecular complexity index is 1310. The monoisotopic (exact) mass is 453 g/mol. The molecule has 3 aromatic carbocycles. The van der Waals surface area contributed by atoms with Crippen LogP contribution < -0.4 is 9.64 Å². The van der Waals surface area contributed by atoms with Gasteiger partial charge in [-0.2, -0.15) is 0 Å². The van der Waals surface area contributed by atoms with Crippen molar-refractivity contribution in [2.24, 2.45) is 0 Å². The minimum atomic E-state index is 0.0466. The molecule has 0 saturated carbocycles. The molecule has 1 atom stereocenters. The molecule has 0 spiro atoms. The predicted octanol–water partition coefficient (Wildman–Crippen LogP) is 6.07. The normalized spacial score (nSPS) is 16.1. The van der Waals surface area contributed by atoms with Crippen LogP contribution in [0.2, 0.25) is 0 Å². The minimum Gasteiger partial charge on any atom is -0.491 e. The van der Waals surface area contributed by atoms with Crippen molar-refractivity contribution in [3.63, 3.8) is 0 Å². The molecular weight excluding hydrogens is 422 g/mol. The van der Waals surface area contributed by atoms with E-state index >= 15 is 0 Å². The molecule has 5 heteroatoms. The Morgan fingerprint density at radius 3 is 2.59 bits per heavy atom. The van der Waals surface area contributed by atoms with Crippen molar-refractivity contribution in [3.05, 3.63) is 89.7 Å². The molecule has 1 aliphatic heterocycles. The number of anilines is 1. The molecule has 34 heavy (non-hydrogen) atoms. The van der Waals surface area contributed by atoms with Gasteiger partial charge < -0.3 is 14.2 Å². The highest BCUT2D eigenvalue weighted by Gasteiger charge is 2.34. The number of nitrogens with zero attached hydrogens (tertiary/aromatic N) is 3. The van der Waals surface area contributed by atoms with Crippen LogP contribution in [0.4, 0.5) is 5.69 Å². The third kappa shape index (κ3) is 4.30. The van der Waals surface area contributed by atoms with Gasteiger partial charge in [0.15, 0.2) is 0 Å². The number of imidazole rings is 1. The molecule has 5 nitrogen and oxygen atoms in total. The van der Waals surface area contributed by atoms with E-state index in [-0.39, 0.29) is 11.8 Å². The first kappa shape index (κ1) is 22.2. The molecular formula is C29H31N3O2. The fourth-order valence-corrected chi connectivity index (χ4v) is 4.87. The maximum atomic E-state index is 12.9. The number of rotatable bonds is 7. The zero-order valence-corrected chi connectivity index (χ0v) is 20.1. The quantitative estimate of drug-likeness (QED) is 0.341. The molecule has 1 amide bonds. The van der Waals surface area contributed by atoms with Gasteiger partial charge in [0, 0.05) is 24.6 Å². The number of hydrogen-bond acceptors (Lipinski definition) is 3. The lowest BCUT2D eigenvalue weighted by molar-refractivity contribution is -0.117. The second kappa shape index (κ2) is 9.34. The molecule has 0 N–H and O–H groups in total. The molecule has 0 bridgehead atoms. The Morgan fingerprint density at radius 1 is 1.03 bits per heavy atom. The Labute approximate surface area is 201 Å². The second-order valence-electron chi connectivity index (χ2n) is 9.40. The van der Waals surface area contributed by atoms with E-state index in [0.717, 1.165) is 28.3 Å². The molecule has 2 heterocycles. The van der Waals surface area contributed by atoms with Crippen molar-refractivity contribution < 1.29 is 9.53 Å². The van der Waals surface area contributed by atoms with Gasteiger partial charge in [-0.25, -0.2) is 4.98 Å². The lowest BCUT2D eigenvalue weighted by Crippen LogP contribution is -2.24. The summed E-state index contributed by atoms with van der Waals surface area (Å²) in [5, 5.41) is 0. The van der Waals surface area contributed by atoms with Crippen LogP contribution in [-0.2, 0) is 11.3 Å². The number of para-hydroxylation sites is 3. The van der Waals surface area contributed by atoms with Gasteiger partial charge in [0.1, 0.15) is 18.2 Å². The average molecular weight is 454 g/mol. The number of hydrogen-bond donors (Lipinski definition) is 0. The maximum Gasteiger partial charge on any atom is 0.227 e. The van der Waals surface area contributed by atoms with Gasteiger partial charge in [-0.3, -0.25) is 4.79 Å². The van der Waals surface area contributed by atoms with Crippen LogP contribution in [0.25, 0.3) is 11.0 Å². The van der Waals surface area contributed by atoms with Crippen LogP contribution in [0.1, 0.15) is 49.1 Å². The molecule has 1 unspecified atom stereocenters. The Kier molecular flexibility index (Phi) is 6.10. The largest absolute Gasteiger partial charge is 0.491 e. The number of aromatic nitrogens is 2. The standard InChI is InChI=1S/C29H31N3O2/c1-20(2)24-14-13-21(3)17-27(24)34-16-15-31-26-12-8-7-11-25(26)30-29(31)22-18-28(33)32(19-22)23-9-5-4-6-10-23/h4-14,17,20,22H,15-16,18-19H2,1-3H3. The molecule has 174 valence electrons. The summed E-state index contributed by atoms with van der Waals surface area (Å²) < 4.78 is 8.55. The van der Waals surface area contributed by atoms with Crippen molar-refractivity contribution >= 4 is 22.6 Å². The summed E-state index contributed by atoms with van der Waals surface area (Å²) in [7, 11) is 0. The van der Waals surface area contributed by atoms with Crippen LogP contribution in [0.15, 0.2) is 72.8 Å². The van der Waals surface area contributed by atoms with Gasteiger partial charge in [-0.1, -0.05) is 56.3 Å². The fourth-order valence-electron chi connectivity index (χ4n) is 4.87. The number of ether oxygens (including phenoxy) is 1. The third-order valence-corrected chi connectivity index (χ3v) is 6.61. The molecule has 1 saturated heterocycles. The van der Waals surface area contributed by atoms with Crippen LogP contribution in [-0.4, -0.2) is 28.6 Å². The van der Waals surface area contributed by atoms with Crippen LogP contribution in [0.5, 0.6) is 5.75 Å². The summed E-state index contributed by atoms with van der Waals surface area (Å²) in [6.07, 6.45) is 0.467. The van der Waals surface area contributed by atoms with E-state index in [1.807, 2.05) is 53.4 Å². The Balaban J connectivity index is 1.41. The second-order valence-corrected chi connectivity index (χ2v) is 9.40. The first-order chi connectivity index (χ1) is 16.5. The SMILES string of the molecule is Cc1ccc(C(C)C)c(OCCn2c(C3CC(=O)N(c4ccccc4)C3)nc3ccccc32)c1. The topological polar surface area (TPSA) is 47.4 Å². The molecule has 1 fully saturated rings. The summed E-state index contributed by atoms with van der Waals surface area (Å²) in [5.74, 6) is 2.50. The fraction of sp³-hybridized carbons (Fsp3) is 0.310. The zero-order valence-electron chi connectivity index (χ0n) is 20.1. The summed E-state index contributed by atoms with van der Waals surface area (Å²) in [6, 6.07) is 24.5. The van der Waals surface area contributed by atoms with Gasteiger partial charge in [-0.15, -0.1) is 0 Å². The smallest absolute Gasteiger partial charge is 0.227 e. The van der Waals surface area contributed by atoms with Crippen LogP contribution in [0, 0.1) is 6.92 Å². The molecule has 0 aliphatic carbocycles. The molecule has 5 rings (SSSR count). The van der Waals surface area contributed by atoms with Crippen LogP contribution >= 0.6 is 0 Å². The van der Waals surface area contributed by atoms with Gasteiger partial charge in [0.2, 0.25) is 5.91 Å². The average Bonchev–Trinajstić information content (AvgIpc) is 3.40. The first-order valence-corrected chi connectivity index (χ1v) is 12.0. The number of benzene rings is 3. The summed E-state index contributed by atoms with van der Waals surface area (Å²) in [5.41, 5.74) is 5.41. The van der Waals surface area contributed by atoms with E-state index in [1.54, 1.807) is 0 Å². The highest BCUT2D eigenvalue weighted by atomic mass is 16.5. The van der Waals surface area contributed by atoms with Crippen molar-refractivity contribution in [2.45, 2.75) is 45.6 Å². The highest BCUT2D eigenvalue weighted by molar-refractivity contribution is 5.96. The molecule has 1 aromatic heterocycles. The van der Waals surface area contributed by atoms with Crippen molar-refractivity contribution in [2.75, 3.05) is 18.1 Å². The van der Waals surface area contributed by atoms with Crippen LogP contribution in [0.3, 0.4) is 0 Å². The molecule has 4 aromatic rings. The van der Waals surface area contributed by atoms with E-state index in [9.17, 15) is 4.79 Å². The lowest BCUT2D eigenvalue weighted by atomic mass is 10.0.